The van der Waals surface area contributed by atoms with Crippen molar-refractivity contribution in [2.75, 3.05) is 5.32 Å². The van der Waals surface area contributed by atoms with Gasteiger partial charge in [0.1, 0.15) is 11.5 Å². The largest absolute Gasteiger partial charge is 0.507 e. The van der Waals surface area contributed by atoms with Gasteiger partial charge in [-0.1, -0.05) is 54.1 Å². The molecule has 4 aromatic rings. The fourth-order valence-corrected chi connectivity index (χ4v) is 3.30. The highest BCUT2D eigenvalue weighted by Crippen LogP contribution is 2.44. The second-order valence-corrected chi connectivity index (χ2v) is 6.37. The number of anilines is 1. The Bertz CT molecular complexity index is 1170. The normalized spacial score (nSPS) is 11.0. The van der Waals surface area contributed by atoms with E-state index in [1.165, 1.54) is 0 Å². The number of hydrogen-bond donors (Lipinski definition) is 3. The molecule has 0 saturated heterocycles. The van der Waals surface area contributed by atoms with Crippen molar-refractivity contribution in [2.45, 2.75) is 0 Å². The molecule has 0 aliphatic rings. The van der Waals surface area contributed by atoms with E-state index >= 15 is 0 Å². The van der Waals surface area contributed by atoms with Gasteiger partial charge in [0, 0.05) is 26.7 Å². The Balaban J connectivity index is 1.90. The van der Waals surface area contributed by atoms with Crippen LogP contribution in [-0.2, 0) is 0 Å². The third kappa shape index (κ3) is 2.61. The van der Waals surface area contributed by atoms with Gasteiger partial charge in [0.05, 0.1) is 11.1 Å². The highest BCUT2D eigenvalue weighted by Gasteiger charge is 2.17. The van der Waals surface area contributed by atoms with Crippen molar-refractivity contribution in [3.8, 4) is 11.5 Å². The van der Waals surface area contributed by atoms with Crippen molar-refractivity contribution in [1.82, 2.24) is 0 Å². The van der Waals surface area contributed by atoms with E-state index in [0.29, 0.717) is 37.8 Å². The van der Waals surface area contributed by atoms with Gasteiger partial charge in [0.15, 0.2) is 0 Å². The smallest absolute Gasteiger partial charge is 0.255 e. The van der Waals surface area contributed by atoms with Crippen molar-refractivity contribution in [3.63, 3.8) is 0 Å². The van der Waals surface area contributed by atoms with Crippen LogP contribution in [0.1, 0.15) is 10.4 Å². The Morgan fingerprint density at radius 1 is 0.808 bits per heavy atom. The van der Waals surface area contributed by atoms with Crippen LogP contribution in [0, 0.1) is 0 Å². The Morgan fingerprint density at radius 2 is 1.46 bits per heavy atom. The van der Waals surface area contributed by atoms with Crippen LogP contribution >= 0.6 is 11.6 Å². The van der Waals surface area contributed by atoms with Crippen LogP contribution in [0.3, 0.4) is 0 Å². The Morgan fingerprint density at radius 3 is 2.19 bits per heavy atom. The molecule has 0 aliphatic carbocycles. The number of phenolic OH excluding ortho intramolecular Hbond substituents is 2. The number of halogens is 1. The standard InChI is InChI=1S/C21H14ClNO3/c22-13-6-3-5-12(11-13)21(26)23-17-10-4-9-16-18(17)20(25)15-8-2-1-7-14(15)19(16)24/h1-11,24-25H,(H,23,26). The van der Waals surface area contributed by atoms with Gasteiger partial charge in [-0.25, -0.2) is 0 Å². The highest BCUT2D eigenvalue weighted by molar-refractivity contribution is 6.31. The molecule has 4 rings (SSSR count). The lowest BCUT2D eigenvalue weighted by Crippen LogP contribution is -2.12. The van der Waals surface area contributed by atoms with Crippen molar-refractivity contribution in [2.24, 2.45) is 0 Å². The van der Waals surface area contributed by atoms with Gasteiger partial charge in [-0.2, -0.15) is 0 Å². The number of carbonyl (C=O) groups excluding carboxylic acids is 1. The van der Waals surface area contributed by atoms with Gasteiger partial charge < -0.3 is 15.5 Å². The van der Waals surface area contributed by atoms with E-state index in [0.717, 1.165) is 0 Å². The maximum Gasteiger partial charge on any atom is 0.255 e. The van der Waals surface area contributed by atoms with Gasteiger partial charge >= 0.3 is 0 Å². The number of nitrogens with one attached hydrogen (secondary N) is 1. The molecule has 128 valence electrons. The number of phenols is 2. The zero-order valence-corrected chi connectivity index (χ0v) is 14.3. The van der Waals surface area contributed by atoms with Gasteiger partial charge in [0.25, 0.3) is 5.91 Å². The van der Waals surface area contributed by atoms with E-state index in [1.807, 2.05) is 0 Å². The van der Waals surface area contributed by atoms with Gasteiger partial charge in [-0.15, -0.1) is 0 Å². The molecule has 0 heterocycles. The van der Waals surface area contributed by atoms with E-state index in [2.05, 4.69) is 5.32 Å². The molecular formula is C21H14ClNO3. The van der Waals surface area contributed by atoms with Crippen molar-refractivity contribution in [1.29, 1.82) is 0 Å². The molecular weight excluding hydrogens is 350 g/mol. The predicted octanol–water partition coefficient (Wildman–Crippen LogP) is 5.31. The minimum Gasteiger partial charge on any atom is -0.507 e. The van der Waals surface area contributed by atoms with E-state index < -0.39 is 0 Å². The topological polar surface area (TPSA) is 69.6 Å². The molecule has 0 unspecified atom stereocenters. The molecule has 26 heavy (non-hydrogen) atoms. The van der Waals surface area contributed by atoms with Gasteiger partial charge in [-0.3, -0.25) is 4.79 Å². The second kappa shape index (κ2) is 6.24. The summed E-state index contributed by atoms with van der Waals surface area (Å²) < 4.78 is 0. The minimum absolute atomic E-state index is 0.00962. The van der Waals surface area contributed by atoms with Crippen LogP contribution in [-0.4, -0.2) is 16.1 Å². The first-order chi connectivity index (χ1) is 12.6. The number of hydrogen-bond acceptors (Lipinski definition) is 3. The molecule has 0 atom stereocenters. The predicted molar refractivity (Wildman–Crippen MR) is 104 cm³/mol. The van der Waals surface area contributed by atoms with Crippen LogP contribution in [0.25, 0.3) is 21.5 Å². The first-order valence-corrected chi connectivity index (χ1v) is 8.36. The number of benzene rings is 4. The molecule has 3 N–H and O–H groups in total. The molecule has 0 fully saturated rings. The van der Waals surface area contributed by atoms with Crippen LogP contribution in [0.2, 0.25) is 5.02 Å². The van der Waals surface area contributed by atoms with E-state index in [9.17, 15) is 15.0 Å². The SMILES string of the molecule is O=C(Nc1cccc2c(O)c3ccccc3c(O)c12)c1cccc(Cl)c1. The zero-order chi connectivity index (χ0) is 18.3. The van der Waals surface area contributed by atoms with Crippen LogP contribution in [0.15, 0.2) is 66.7 Å². The fourth-order valence-electron chi connectivity index (χ4n) is 3.11. The quantitative estimate of drug-likeness (QED) is 0.334. The molecule has 5 heteroatoms. The first kappa shape index (κ1) is 16.2. The van der Waals surface area contributed by atoms with Crippen molar-refractivity contribution in [3.05, 3.63) is 77.3 Å². The highest BCUT2D eigenvalue weighted by atomic mass is 35.5. The average molecular weight is 364 g/mol. The summed E-state index contributed by atoms with van der Waals surface area (Å²) in [4.78, 5) is 12.6. The lowest BCUT2D eigenvalue weighted by Gasteiger charge is -2.14. The average Bonchev–Trinajstić information content (AvgIpc) is 2.66. The lowest BCUT2D eigenvalue weighted by atomic mass is 9.99. The number of carbonyl (C=O) groups is 1. The van der Waals surface area contributed by atoms with Gasteiger partial charge in [0.2, 0.25) is 0 Å². The summed E-state index contributed by atoms with van der Waals surface area (Å²) in [6.45, 7) is 0. The molecule has 4 nitrogen and oxygen atoms in total. The van der Waals surface area contributed by atoms with Crippen LogP contribution in [0.5, 0.6) is 11.5 Å². The summed E-state index contributed by atoms with van der Waals surface area (Å²) in [6.07, 6.45) is 0. The molecule has 0 spiro atoms. The monoisotopic (exact) mass is 363 g/mol. The molecule has 0 bridgehead atoms. The van der Waals surface area contributed by atoms with E-state index in [-0.39, 0.29) is 17.4 Å². The van der Waals surface area contributed by atoms with Crippen LogP contribution in [0.4, 0.5) is 5.69 Å². The van der Waals surface area contributed by atoms with E-state index in [1.54, 1.807) is 66.7 Å². The fraction of sp³-hybridized carbons (Fsp3) is 0. The maximum absolute atomic E-state index is 12.6. The summed E-state index contributed by atoms with van der Waals surface area (Å²) in [5.41, 5.74) is 0.810. The summed E-state index contributed by atoms with van der Waals surface area (Å²) in [5, 5.41) is 26.5. The Hall–Kier alpha value is -3.24. The first-order valence-electron chi connectivity index (χ1n) is 7.98. The summed E-state index contributed by atoms with van der Waals surface area (Å²) in [7, 11) is 0. The number of rotatable bonds is 2. The Kier molecular flexibility index (Phi) is 3.90. The van der Waals surface area contributed by atoms with Crippen LogP contribution < -0.4 is 5.32 Å². The third-order valence-electron chi connectivity index (χ3n) is 4.33. The Labute approximate surface area is 154 Å². The maximum atomic E-state index is 12.6. The van der Waals surface area contributed by atoms with Crippen molar-refractivity contribution >= 4 is 44.7 Å². The molecule has 4 aromatic carbocycles. The molecule has 0 saturated carbocycles. The zero-order valence-electron chi connectivity index (χ0n) is 13.5. The molecule has 0 radical (unpaired) electrons. The van der Waals surface area contributed by atoms with Gasteiger partial charge in [-0.05, 0) is 24.3 Å². The number of amides is 1. The summed E-state index contributed by atoms with van der Waals surface area (Å²) in [5.74, 6) is -0.283. The van der Waals surface area contributed by atoms with Crippen molar-refractivity contribution < 1.29 is 15.0 Å². The molecule has 1 amide bonds. The molecule has 0 aliphatic heterocycles. The van der Waals surface area contributed by atoms with E-state index in [4.69, 9.17) is 11.6 Å². The number of fused-ring (bicyclic) bond motifs is 2. The second-order valence-electron chi connectivity index (χ2n) is 5.94. The molecule has 0 aromatic heterocycles. The third-order valence-corrected chi connectivity index (χ3v) is 4.56. The minimum atomic E-state index is -0.355. The summed E-state index contributed by atoms with van der Waals surface area (Å²) >= 11 is 5.95. The lowest BCUT2D eigenvalue weighted by molar-refractivity contribution is 0.102. The number of aromatic hydroxyl groups is 2. The summed E-state index contributed by atoms with van der Waals surface area (Å²) in [6, 6.07) is 18.7.